The number of aromatic nitrogens is 4. The molecule has 2 aromatic carbocycles. The van der Waals surface area contributed by atoms with Gasteiger partial charge in [-0.15, -0.1) is 27.8 Å². The van der Waals surface area contributed by atoms with Crippen molar-refractivity contribution in [1.29, 1.82) is 0 Å². The van der Waals surface area contributed by atoms with Crippen molar-refractivity contribution in [2.24, 2.45) is 0 Å². The van der Waals surface area contributed by atoms with Gasteiger partial charge in [0.2, 0.25) is 11.2 Å². The number of benzene rings is 2. The Bertz CT molecular complexity index is 2540. The number of aromatic hydroxyl groups is 1. The number of pyridine rings is 1. The number of hydrogen-bond acceptors (Lipinski definition) is 13. The Kier molecular flexibility index (Phi) is 12.7. The van der Waals surface area contributed by atoms with Gasteiger partial charge in [0.05, 0.1) is 26.9 Å². The number of H-pyrrole nitrogens is 1. The van der Waals surface area contributed by atoms with Gasteiger partial charge in [-0.05, 0) is 127 Å². The molecule has 0 bridgehead atoms. The van der Waals surface area contributed by atoms with Crippen molar-refractivity contribution in [1.82, 2.24) is 30.2 Å². The van der Waals surface area contributed by atoms with Crippen LogP contribution < -0.4 is 10.9 Å². The Morgan fingerprint density at radius 3 is 2.40 bits per heavy atom. The highest BCUT2D eigenvalue weighted by molar-refractivity contribution is 7.12. The van der Waals surface area contributed by atoms with Crippen molar-refractivity contribution in [3.8, 4) is 5.75 Å². The summed E-state index contributed by atoms with van der Waals surface area (Å²) in [6.45, 7) is 15.1. The van der Waals surface area contributed by atoms with E-state index in [0.717, 1.165) is 60.8 Å². The Morgan fingerprint density at radius 2 is 1.73 bits per heavy atom. The smallest absolute Gasteiger partial charge is 0.349 e. The number of ether oxygens (including phenoxy) is 1. The van der Waals surface area contributed by atoms with Crippen LogP contribution in [0.15, 0.2) is 70.2 Å². The normalized spacial score (nSPS) is 16.6. The Hall–Kier alpha value is -4.26. The first-order valence-electron chi connectivity index (χ1n) is 21.6. The predicted molar refractivity (Wildman–Crippen MR) is 246 cm³/mol. The van der Waals surface area contributed by atoms with Gasteiger partial charge >= 0.3 is 5.97 Å². The Balaban J connectivity index is 0.885. The quantitative estimate of drug-likeness (QED) is 0.0494. The minimum atomic E-state index is -2.23. The largest absolute Gasteiger partial charge is 0.506 e. The lowest BCUT2D eigenvalue weighted by Gasteiger charge is -2.39. The third-order valence-electron chi connectivity index (χ3n) is 13.3. The van der Waals surface area contributed by atoms with Crippen LogP contribution in [-0.4, -0.2) is 92.9 Å². The number of nitrogens with one attached hydrogen (secondary N) is 2. The molecule has 0 unspecified atom stereocenters. The molecule has 330 valence electrons. The maximum Gasteiger partial charge on any atom is 0.349 e. The molecule has 5 heterocycles. The number of hydrogen-bond donors (Lipinski definition) is 5. The fourth-order valence-electron chi connectivity index (χ4n) is 8.66. The van der Waals surface area contributed by atoms with Crippen molar-refractivity contribution in [3.05, 3.63) is 108 Å². The first-order valence-corrected chi connectivity index (χ1v) is 26.3. The van der Waals surface area contributed by atoms with Gasteiger partial charge in [-0.25, -0.2) is 9.48 Å². The van der Waals surface area contributed by atoms with Gasteiger partial charge in [0.25, 0.3) is 0 Å². The van der Waals surface area contributed by atoms with Crippen LogP contribution >= 0.6 is 22.7 Å². The van der Waals surface area contributed by atoms with Crippen LogP contribution in [0.2, 0.25) is 18.1 Å². The zero-order valence-corrected chi connectivity index (χ0v) is 38.8. The predicted octanol–water partition coefficient (Wildman–Crippen LogP) is 7.14. The number of fused-ring (bicyclic) bond motifs is 4. The number of carbonyl (C=O) groups is 1. The average molecular weight is 899 g/mol. The second-order valence-corrected chi connectivity index (χ2v) is 25.1. The number of carbonyl (C=O) groups excluding carboxylic acids is 1. The van der Waals surface area contributed by atoms with Crippen molar-refractivity contribution in [3.63, 3.8) is 0 Å². The molecule has 1 aliphatic carbocycles. The molecule has 6 aromatic rings. The monoisotopic (exact) mass is 898 g/mol. The van der Waals surface area contributed by atoms with Crippen LogP contribution in [0.5, 0.6) is 5.75 Å². The van der Waals surface area contributed by atoms with E-state index >= 15 is 0 Å². The van der Waals surface area contributed by atoms with E-state index in [2.05, 4.69) is 70.1 Å². The summed E-state index contributed by atoms with van der Waals surface area (Å²) in [5.74, 6) is -0.738. The number of piperidine rings is 1. The molecule has 5 N–H and O–H groups in total. The molecular formula is C46H58N6O7S2Si. The van der Waals surface area contributed by atoms with Crippen LogP contribution in [0.25, 0.3) is 21.9 Å². The number of thiophene rings is 2. The van der Waals surface area contributed by atoms with Crippen molar-refractivity contribution in [2.45, 2.75) is 108 Å². The van der Waals surface area contributed by atoms with Crippen LogP contribution in [-0.2, 0) is 45.5 Å². The second kappa shape index (κ2) is 17.7. The Labute approximate surface area is 370 Å². The molecule has 0 amide bonds. The third-order valence-corrected chi connectivity index (χ3v) is 19.7. The van der Waals surface area contributed by atoms with Crippen molar-refractivity contribution in [2.75, 3.05) is 32.8 Å². The maximum atomic E-state index is 13.4. The number of likely N-dealkylation sites (tertiary alicyclic amines) is 1. The highest BCUT2D eigenvalue weighted by Crippen LogP contribution is 2.42. The van der Waals surface area contributed by atoms with E-state index in [4.69, 9.17) is 9.16 Å². The zero-order chi connectivity index (χ0) is 43.9. The molecule has 1 fully saturated rings. The fourth-order valence-corrected chi connectivity index (χ4v) is 11.7. The summed E-state index contributed by atoms with van der Waals surface area (Å²) in [5, 5.41) is 51.0. The molecular weight excluding hydrogens is 841 g/mol. The molecule has 2 aliphatic rings. The van der Waals surface area contributed by atoms with Crippen molar-refractivity contribution < 1.29 is 29.3 Å². The topological polar surface area (TPSA) is 175 Å². The highest BCUT2D eigenvalue weighted by atomic mass is 32.1. The third kappa shape index (κ3) is 8.93. The van der Waals surface area contributed by atoms with E-state index in [1.807, 2.05) is 16.8 Å². The minimum absolute atomic E-state index is 0.0215. The summed E-state index contributed by atoms with van der Waals surface area (Å²) in [5.41, 5.74) is 3.94. The second-order valence-electron chi connectivity index (χ2n) is 18.5. The number of rotatable bonds is 16. The van der Waals surface area contributed by atoms with Gasteiger partial charge in [-0.1, -0.05) is 44.2 Å². The van der Waals surface area contributed by atoms with Gasteiger partial charge in [-0.2, -0.15) is 0 Å². The van der Waals surface area contributed by atoms with Gasteiger partial charge < -0.3 is 39.7 Å². The molecule has 4 aromatic heterocycles. The minimum Gasteiger partial charge on any atom is -0.506 e. The zero-order valence-electron chi connectivity index (χ0n) is 36.2. The SMILES string of the molecule is CC(C)(C)[Si](C)(C)O[C@@H](CNCc1cc2nnn(CCCN3CCC(O)(COC(=O)C(O)(c4cccs4)c4cccs4)CC3)c2c2c1CCC2)c1ccc(O)c2[nH]c(=O)ccc12. The van der Waals surface area contributed by atoms with E-state index in [-0.39, 0.29) is 29.1 Å². The molecule has 8 rings (SSSR count). The molecule has 1 aliphatic heterocycles. The number of esters is 1. The molecule has 0 saturated carbocycles. The van der Waals surface area contributed by atoms with Crippen LogP contribution in [0, 0.1) is 0 Å². The van der Waals surface area contributed by atoms with Gasteiger partial charge in [-0.3, -0.25) is 4.79 Å². The van der Waals surface area contributed by atoms with Gasteiger partial charge in [0.1, 0.15) is 23.5 Å². The number of phenolic OH excluding ortho intramolecular Hbond substituents is 1. The molecule has 0 spiro atoms. The van der Waals surface area contributed by atoms with Gasteiger partial charge in [0.15, 0.2) is 8.32 Å². The summed E-state index contributed by atoms with van der Waals surface area (Å²) in [4.78, 5) is 31.7. The summed E-state index contributed by atoms with van der Waals surface area (Å²) >= 11 is 2.59. The lowest BCUT2D eigenvalue weighted by Crippen LogP contribution is -2.49. The molecule has 62 heavy (non-hydrogen) atoms. The first-order chi connectivity index (χ1) is 29.6. The van der Waals surface area contributed by atoms with E-state index in [9.17, 15) is 24.9 Å². The summed E-state index contributed by atoms with van der Waals surface area (Å²) in [7, 11) is -2.23. The number of aromatic amines is 1. The summed E-state index contributed by atoms with van der Waals surface area (Å²) < 4.78 is 14.8. The van der Waals surface area contributed by atoms with E-state index in [1.165, 1.54) is 45.4 Å². The molecule has 0 radical (unpaired) electrons. The van der Waals surface area contributed by atoms with E-state index in [0.29, 0.717) is 54.3 Å². The first kappa shape index (κ1) is 44.3. The lowest BCUT2D eigenvalue weighted by molar-refractivity contribution is -0.171. The standard InChI is InChI=1S/C46H58N6O7S2Si/c1-44(2,3)62(4,5)59-37(32-14-16-36(53)41-33(32)15-17-40(54)48-41)28-47-27-30-26-35-42(34-11-6-10-31(30)34)52(50-49-35)21-9-20-51-22-18-45(56,19-23-51)29-58-43(55)46(57,38-12-7-24-60-38)39-13-8-25-61-39/h7-8,12-17,24-26,37,47,53,56-57H,6,9-11,18-23,27-29H2,1-5H3,(H,48,54)/t37-/m0/s1. The molecule has 16 heteroatoms. The van der Waals surface area contributed by atoms with Crippen LogP contribution in [0.1, 0.15) is 84.6 Å². The van der Waals surface area contributed by atoms with E-state index < -0.39 is 25.5 Å². The van der Waals surface area contributed by atoms with Crippen LogP contribution in [0.4, 0.5) is 0 Å². The Morgan fingerprint density at radius 1 is 1.02 bits per heavy atom. The number of nitrogens with zero attached hydrogens (tertiary/aromatic N) is 4. The number of aryl methyl sites for hydroxylation is 2. The van der Waals surface area contributed by atoms with Gasteiger partial charge in [0, 0.05) is 44.2 Å². The molecule has 1 atom stereocenters. The molecule has 13 nitrogen and oxygen atoms in total. The fraction of sp³-hybridized carbons (Fsp3) is 0.478. The number of aliphatic hydroxyl groups is 2. The summed E-state index contributed by atoms with van der Waals surface area (Å²) in [6, 6.07) is 16.0. The van der Waals surface area contributed by atoms with Crippen molar-refractivity contribution >= 4 is 58.9 Å². The maximum absolute atomic E-state index is 13.4. The average Bonchev–Trinajstić information content (AvgIpc) is 4.09. The van der Waals surface area contributed by atoms with Crippen LogP contribution in [0.3, 0.4) is 0 Å². The molecule has 1 saturated heterocycles. The van der Waals surface area contributed by atoms with E-state index in [1.54, 1.807) is 36.4 Å². The number of phenols is 1. The summed E-state index contributed by atoms with van der Waals surface area (Å²) in [6.07, 6.45) is 4.54. The lowest BCUT2D eigenvalue weighted by atomic mass is 9.92. The highest BCUT2D eigenvalue weighted by Gasteiger charge is 2.45.